The molecule has 0 unspecified atom stereocenters. The number of hydrogen-bond donors (Lipinski definition) is 1. The number of aromatic nitrogens is 2. The van der Waals surface area contributed by atoms with Crippen LogP contribution in [0.1, 0.15) is 46.5 Å². The first kappa shape index (κ1) is 14.9. The van der Waals surface area contributed by atoms with Crippen molar-refractivity contribution in [2.24, 2.45) is 0 Å². The van der Waals surface area contributed by atoms with Gasteiger partial charge in [-0.1, -0.05) is 50.6 Å². The van der Waals surface area contributed by atoms with Gasteiger partial charge in [0.1, 0.15) is 17.3 Å². The molecular formula is C16H22ClN3. The number of imidazole rings is 1. The molecule has 1 aromatic heterocycles. The van der Waals surface area contributed by atoms with Gasteiger partial charge in [0.25, 0.3) is 0 Å². The number of nitrogens with zero attached hydrogens (tertiary/aromatic N) is 2. The van der Waals surface area contributed by atoms with Crippen molar-refractivity contribution >= 4 is 17.4 Å². The first-order valence-corrected chi connectivity index (χ1v) is 7.24. The lowest BCUT2D eigenvalue weighted by Crippen LogP contribution is -2.21. The monoisotopic (exact) mass is 291 g/mol. The third-order valence-electron chi connectivity index (χ3n) is 3.26. The van der Waals surface area contributed by atoms with E-state index in [2.05, 4.69) is 39.2 Å². The average Bonchev–Trinajstić information content (AvgIpc) is 2.67. The van der Waals surface area contributed by atoms with Crippen LogP contribution in [0.4, 0.5) is 5.82 Å². The van der Waals surface area contributed by atoms with Gasteiger partial charge in [0.15, 0.2) is 0 Å². The highest BCUT2D eigenvalue weighted by Gasteiger charge is 2.27. The van der Waals surface area contributed by atoms with Gasteiger partial charge < -0.3 is 10.3 Å². The van der Waals surface area contributed by atoms with Crippen LogP contribution in [0.25, 0.3) is 11.3 Å². The molecule has 2 N–H and O–H groups in total. The summed E-state index contributed by atoms with van der Waals surface area (Å²) in [6.45, 7) is 10.7. The van der Waals surface area contributed by atoms with Gasteiger partial charge in [-0.05, 0) is 19.9 Å². The smallest absolute Gasteiger partial charge is 0.132 e. The van der Waals surface area contributed by atoms with Crippen LogP contribution in [0, 0.1) is 0 Å². The molecule has 0 atom stereocenters. The van der Waals surface area contributed by atoms with Gasteiger partial charge in [-0.25, -0.2) is 4.98 Å². The number of benzene rings is 1. The second-order valence-corrected chi connectivity index (χ2v) is 6.77. The Balaban J connectivity index is 2.72. The van der Waals surface area contributed by atoms with Gasteiger partial charge in [0.05, 0.1) is 5.02 Å². The van der Waals surface area contributed by atoms with Crippen molar-refractivity contribution in [1.29, 1.82) is 0 Å². The van der Waals surface area contributed by atoms with Crippen molar-refractivity contribution < 1.29 is 0 Å². The van der Waals surface area contributed by atoms with Gasteiger partial charge in [-0.3, -0.25) is 0 Å². The first-order valence-electron chi connectivity index (χ1n) is 6.86. The van der Waals surface area contributed by atoms with Crippen LogP contribution in [-0.4, -0.2) is 9.55 Å². The largest absolute Gasteiger partial charge is 0.383 e. The predicted octanol–water partition coefficient (Wildman–Crippen LogP) is 4.66. The van der Waals surface area contributed by atoms with E-state index in [4.69, 9.17) is 22.3 Å². The Bertz CT molecular complexity index is 621. The van der Waals surface area contributed by atoms with Crippen LogP contribution in [0.2, 0.25) is 5.02 Å². The van der Waals surface area contributed by atoms with Gasteiger partial charge in [-0.2, -0.15) is 0 Å². The molecule has 0 saturated carbocycles. The lowest BCUT2D eigenvalue weighted by atomic mass is 9.95. The molecule has 1 aromatic carbocycles. The lowest BCUT2D eigenvalue weighted by Gasteiger charge is -2.22. The minimum Gasteiger partial charge on any atom is -0.383 e. The summed E-state index contributed by atoms with van der Waals surface area (Å²) >= 11 is 6.28. The van der Waals surface area contributed by atoms with Crippen molar-refractivity contribution in [2.45, 2.75) is 46.1 Å². The number of rotatable bonds is 2. The maximum absolute atomic E-state index is 6.34. The third kappa shape index (κ3) is 2.55. The minimum absolute atomic E-state index is 0.0715. The van der Waals surface area contributed by atoms with Crippen LogP contribution >= 0.6 is 11.6 Å². The third-order valence-corrected chi connectivity index (χ3v) is 3.59. The number of nitrogen functional groups attached to an aromatic ring is 1. The van der Waals surface area contributed by atoms with E-state index >= 15 is 0 Å². The molecule has 0 saturated heterocycles. The second-order valence-electron chi connectivity index (χ2n) is 6.36. The first-order chi connectivity index (χ1) is 9.23. The van der Waals surface area contributed by atoms with E-state index in [9.17, 15) is 0 Å². The molecule has 0 fully saturated rings. The molecule has 0 bridgehead atoms. The molecule has 2 aromatic rings. The standard InChI is InChI=1S/C16H22ClN3/c1-10(2)20-14(18)13(19-15(20)16(3,4)5)11-8-6-7-9-12(11)17/h6-10H,18H2,1-5H3. The van der Waals surface area contributed by atoms with Gasteiger partial charge >= 0.3 is 0 Å². The Kier molecular flexibility index (Phi) is 3.83. The van der Waals surface area contributed by atoms with E-state index in [0.717, 1.165) is 17.1 Å². The molecule has 3 nitrogen and oxygen atoms in total. The van der Waals surface area contributed by atoms with E-state index in [0.29, 0.717) is 10.8 Å². The molecule has 4 heteroatoms. The zero-order valence-electron chi connectivity index (χ0n) is 12.7. The molecule has 0 aliphatic rings. The second kappa shape index (κ2) is 5.13. The maximum atomic E-state index is 6.34. The quantitative estimate of drug-likeness (QED) is 0.874. The highest BCUT2D eigenvalue weighted by Crippen LogP contribution is 2.36. The summed E-state index contributed by atoms with van der Waals surface area (Å²) in [6, 6.07) is 7.94. The Morgan fingerprint density at radius 3 is 2.25 bits per heavy atom. The zero-order valence-corrected chi connectivity index (χ0v) is 13.5. The Morgan fingerprint density at radius 1 is 1.20 bits per heavy atom. The van der Waals surface area contributed by atoms with Gasteiger partial charge in [-0.15, -0.1) is 0 Å². The lowest BCUT2D eigenvalue weighted by molar-refractivity contribution is 0.473. The molecule has 0 spiro atoms. The summed E-state index contributed by atoms with van der Waals surface area (Å²) in [5.74, 6) is 1.66. The van der Waals surface area contributed by atoms with Crippen LogP contribution in [0.3, 0.4) is 0 Å². The molecule has 0 aliphatic heterocycles. The van der Waals surface area contributed by atoms with Crippen molar-refractivity contribution in [1.82, 2.24) is 9.55 Å². The van der Waals surface area contributed by atoms with Crippen molar-refractivity contribution in [3.63, 3.8) is 0 Å². The van der Waals surface area contributed by atoms with Crippen LogP contribution in [0.5, 0.6) is 0 Å². The summed E-state index contributed by atoms with van der Waals surface area (Å²) in [6.07, 6.45) is 0. The number of anilines is 1. The van der Waals surface area contributed by atoms with Crippen LogP contribution in [0.15, 0.2) is 24.3 Å². The molecule has 0 amide bonds. The van der Waals surface area contributed by atoms with Crippen molar-refractivity contribution in [3.05, 3.63) is 35.1 Å². The summed E-state index contributed by atoms with van der Waals surface area (Å²) in [5.41, 5.74) is 7.93. The van der Waals surface area contributed by atoms with Crippen LogP contribution in [-0.2, 0) is 5.41 Å². The van der Waals surface area contributed by atoms with Gasteiger partial charge in [0.2, 0.25) is 0 Å². The fourth-order valence-corrected chi connectivity index (χ4v) is 2.57. The van der Waals surface area contributed by atoms with E-state index in [1.165, 1.54) is 0 Å². The topological polar surface area (TPSA) is 43.8 Å². The molecule has 0 aliphatic carbocycles. The van der Waals surface area contributed by atoms with E-state index in [1.54, 1.807) is 0 Å². The van der Waals surface area contributed by atoms with Crippen molar-refractivity contribution in [3.8, 4) is 11.3 Å². The highest BCUT2D eigenvalue weighted by molar-refractivity contribution is 6.33. The molecule has 20 heavy (non-hydrogen) atoms. The Morgan fingerprint density at radius 2 is 1.80 bits per heavy atom. The minimum atomic E-state index is -0.0715. The molecule has 2 rings (SSSR count). The van der Waals surface area contributed by atoms with Crippen LogP contribution < -0.4 is 5.73 Å². The highest BCUT2D eigenvalue weighted by atomic mass is 35.5. The van der Waals surface area contributed by atoms with E-state index in [-0.39, 0.29) is 11.5 Å². The fourth-order valence-electron chi connectivity index (χ4n) is 2.35. The molecule has 1 heterocycles. The number of halogens is 1. The van der Waals surface area contributed by atoms with E-state index < -0.39 is 0 Å². The maximum Gasteiger partial charge on any atom is 0.132 e. The summed E-state index contributed by atoms with van der Waals surface area (Å²) in [5, 5.41) is 0.674. The molecule has 108 valence electrons. The molecular weight excluding hydrogens is 270 g/mol. The Hall–Kier alpha value is -1.48. The summed E-state index contributed by atoms with van der Waals surface area (Å²) < 4.78 is 2.10. The fraction of sp³-hybridized carbons (Fsp3) is 0.438. The van der Waals surface area contributed by atoms with Crippen molar-refractivity contribution in [2.75, 3.05) is 5.73 Å². The SMILES string of the molecule is CC(C)n1c(C(C)(C)C)nc(-c2ccccc2Cl)c1N. The average molecular weight is 292 g/mol. The number of nitrogens with two attached hydrogens (primary N) is 1. The zero-order chi connectivity index (χ0) is 15.1. The number of hydrogen-bond acceptors (Lipinski definition) is 2. The van der Waals surface area contributed by atoms with Gasteiger partial charge in [0, 0.05) is 17.0 Å². The molecule has 0 radical (unpaired) electrons. The Labute approximate surface area is 125 Å². The normalized spacial score (nSPS) is 12.2. The predicted molar refractivity (Wildman–Crippen MR) is 86.2 cm³/mol. The summed E-state index contributed by atoms with van der Waals surface area (Å²) in [7, 11) is 0. The summed E-state index contributed by atoms with van der Waals surface area (Å²) in [4.78, 5) is 4.79. The van der Waals surface area contributed by atoms with E-state index in [1.807, 2.05) is 24.3 Å².